The molecule has 1 aromatic rings. The largest absolute Gasteiger partial charge is 0.467 e. The average Bonchev–Trinajstić information content (AvgIpc) is 3.07. The number of nitrogens with zero attached hydrogens (tertiary/aromatic N) is 2. The predicted octanol–water partition coefficient (Wildman–Crippen LogP) is 4.06. The first-order valence-electron chi connectivity index (χ1n) is 8.40. The number of unbranched alkanes of at least 4 members (excludes halogenated alkanes) is 3. The molecule has 1 aromatic heterocycles. The molecule has 0 amide bonds. The van der Waals surface area contributed by atoms with Crippen LogP contribution in [0.4, 0.5) is 0 Å². The van der Waals surface area contributed by atoms with Crippen LogP contribution in [-0.2, 0) is 11.3 Å². The number of rotatable bonds is 12. The highest BCUT2D eigenvalue weighted by Gasteiger charge is 2.04. The summed E-state index contributed by atoms with van der Waals surface area (Å²) in [5.41, 5.74) is 0. The lowest BCUT2D eigenvalue weighted by atomic mass is 10.2. The van der Waals surface area contributed by atoms with Crippen LogP contribution >= 0.6 is 24.0 Å². The number of nitrogens with one attached hydrogen (secondary N) is 1. The monoisotopic (exact) mass is 449 g/mol. The van der Waals surface area contributed by atoms with Crippen LogP contribution in [0.3, 0.4) is 0 Å². The summed E-state index contributed by atoms with van der Waals surface area (Å²) in [6.45, 7) is 6.86. The van der Waals surface area contributed by atoms with Crippen LogP contribution in [0.5, 0.6) is 0 Å². The number of ether oxygens (including phenoxy) is 1. The zero-order chi connectivity index (χ0) is 16.8. The highest BCUT2D eigenvalue weighted by atomic mass is 127. The Kier molecular flexibility index (Phi) is 14.8. The molecular formula is C18H32IN3O2. The SMILES string of the molecule is C=CCCCCCN(C)C(=NC)NCCCOCc1ccco1.I. The lowest BCUT2D eigenvalue weighted by molar-refractivity contribution is 0.104. The van der Waals surface area contributed by atoms with Gasteiger partial charge in [-0.05, 0) is 37.8 Å². The van der Waals surface area contributed by atoms with Crippen LogP contribution in [0.2, 0.25) is 0 Å². The van der Waals surface area contributed by atoms with Crippen LogP contribution in [0.1, 0.15) is 37.9 Å². The van der Waals surface area contributed by atoms with Crippen molar-refractivity contribution in [3.05, 3.63) is 36.8 Å². The van der Waals surface area contributed by atoms with Crippen molar-refractivity contribution in [3.63, 3.8) is 0 Å². The number of hydrogen-bond donors (Lipinski definition) is 1. The molecule has 138 valence electrons. The molecule has 0 fully saturated rings. The summed E-state index contributed by atoms with van der Waals surface area (Å²) in [5.74, 6) is 1.81. The van der Waals surface area contributed by atoms with E-state index in [2.05, 4.69) is 28.8 Å². The van der Waals surface area contributed by atoms with E-state index in [1.165, 1.54) is 19.3 Å². The minimum absolute atomic E-state index is 0. The zero-order valence-electron chi connectivity index (χ0n) is 15.0. The summed E-state index contributed by atoms with van der Waals surface area (Å²) in [5, 5.41) is 3.37. The predicted molar refractivity (Wildman–Crippen MR) is 111 cm³/mol. The molecule has 0 unspecified atom stereocenters. The van der Waals surface area contributed by atoms with Gasteiger partial charge in [-0.2, -0.15) is 0 Å². The van der Waals surface area contributed by atoms with Gasteiger partial charge in [-0.15, -0.1) is 30.6 Å². The normalized spacial score (nSPS) is 11.0. The van der Waals surface area contributed by atoms with Gasteiger partial charge in [-0.25, -0.2) is 0 Å². The van der Waals surface area contributed by atoms with E-state index in [4.69, 9.17) is 9.15 Å². The number of halogens is 1. The summed E-state index contributed by atoms with van der Waals surface area (Å²) >= 11 is 0. The maximum Gasteiger partial charge on any atom is 0.193 e. The number of hydrogen-bond acceptors (Lipinski definition) is 3. The molecule has 0 atom stereocenters. The third kappa shape index (κ3) is 10.7. The first-order valence-corrected chi connectivity index (χ1v) is 8.40. The van der Waals surface area contributed by atoms with Gasteiger partial charge >= 0.3 is 0 Å². The van der Waals surface area contributed by atoms with Gasteiger partial charge in [0.15, 0.2) is 5.96 Å². The van der Waals surface area contributed by atoms with Crippen molar-refractivity contribution in [2.24, 2.45) is 4.99 Å². The Bertz CT molecular complexity index is 435. The summed E-state index contributed by atoms with van der Waals surface area (Å²) in [6, 6.07) is 3.79. The molecule has 5 nitrogen and oxygen atoms in total. The van der Waals surface area contributed by atoms with E-state index in [1.807, 2.05) is 25.3 Å². The second-order valence-electron chi connectivity index (χ2n) is 5.52. The Labute approximate surface area is 163 Å². The topological polar surface area (TPSA) is 50.0 Å². The highest BCUT2D eigenvalue weighted by Crippen LogP contribution is 2.02. The Balaban J connectivity index is 0.00000529. The maximum absolute atomic E-state index is 5.56. The van der Waals surface area contributed by atoms with Gasteiger partial charge < -0.3 is 19.4 Å². The lowest BCUT2D eigenvalue weighted by Crippen LogP contribution is -2.40. The third-order valence-corrected chi connectivity index (χ3v) is 3.55. The molecule has 0 aliphatic heterocycles. The van der Waals surface area contributed by atoms with Crippen molar-refractivity contribution >= 4 is 29.9 Å². The van der Waals surface area contributed by atoms with Gasteiger partial charge in [0.25, 0.3) is 0 Å². The van der Waals surface area contributed by atoms with Crippen molar-refractivity contribution in [2.45, 2.75) is 38.7 Å². The first-order chi connectivity index (χ1) is 11.3. The molecule has 0 saturated heterocycles. The van der Waals surface area contributed by atoms with Crippen LogP contribution in [0, 0.1) is 0 Å². The minimum Gasteiger partial charge on any atom is -0.467 e. The Morgan fingerprint density at radius 3 is 2.88 bits per heavy atom. The van der Waals surface area contributed by atoms with Gasteiger partial charge in [-0.1, -0.05) is 12.5 Å². The van der Waals surface area contributed by atoms with Crippen molar-refractivity contribution in [3.8, 4) is 0 Å². The van der Waals surface area contributed by atoms with Crippen molar-refractivity contribution in [2.75, 3.05) is 33.8 Å². The standard InChI is InChI=1S/C18H31N3O2.HI/c1-4-5-6-7-8-13-21(3)18(19-2)20-12-10-14-22-16-17-11-9-15-23-17;/h4,9,11,15H,1,5-8,10,12-14,16H2,2-3H3,(H,19,20);1H. The van der Waals surface area contributed by atoms with Gasteiger partial charge in [0.05, 0.1) is 6.26 Å². The van der Waals surface area contributed by atoms with Crippen LogP contribution < -0.4 is 5.32 Å². The quantitative estimate of drug-likeness (QED) is 0.172. The van der Waals surface area contributed by atoms with E-state index in [0.717, 1.165) is 37.7 Å². The summed E-state index contributed by atoms with van der Waals surface area (Å²) in [7, 11) is 3.90. The summed E-state index contributed by atoms with van der Waals surface area (Å²) < 4.78 is 10.8. The molecule has 0 aromatic carbocycles. The number of guanidine groups is 1. The van der Waals surface area contributed by atoms with E-state index >= 15 is 0 Å². The van der Waals surface area contributed by atoms with E-state index in [-0.39, 0.29) is 24.0 Å². The summed E-state index contributed by atoms with van der Waals surface area (Å²) in [6.07, 6.45) is 9.32. The number of furan rings is 1. The van der Waals surface area contributed by atoms with Crippen molar-refractivity contribution in [1.82, 2.24) is 10.2 Å². The molecule has 1 rings (SSSR count). The molecule has 0 bridgehead atoms. The average molecular weight is 449 g/mol. The second-order valence-corrected chi connectivity index (χ2v) is 5.52. The maximum atomic E-state index is 5.56. The fourth-order valence-electron chi connectivity index (χ4n) is 2.25. The zero-order valence-corrected chi connectivity index (χ0v) is 17.3. The molecule has 0 radical (unpaired) electrons. The molecule has 6 heteroatoms. The number of allylic oxidation sites excluding steroid dienone is 1. The highest BCUT2D eigenvalue weighted by molar-refractivity contribution is 14.0. The Hall–Kier alpha value is -1.02. The van der Waals surface area contributed by atoms with E-state index in [0.29, 0.717) is 13.2 Å². The molecule has 0 spiro atoms. The molecule has 0 saturated carbocycles. The van der Waals surface area contributed by atoms with E-state index in [1.54, 1.807) is 6.26 Å². The van der Waals surface area contributed by atoms with Gasteiger partial charge in [0.2, 0.25) is 0 Å². The first kappa shape index (κ1) is 23.0. The lowest BCUT2D eigenvalue weighted by Gasteiger charge is -2.22. The molecule has 0 aliphatic rings. The minimum atomic E-state index is 0. The van der Waals surface area contributed by atoms with Crippen LogP contribution in [0.15, 0.2) is 40.5 Å². The van der Waals surface area contributed by atoms with Gasteiger partial charge in [0.1, 0.15) is 12.4 Å². The molecule has 1 heterocycles. The van der Waals surface area contributed by atoms with E-state index < -0.39 is 0 Å². The fourth-order valence-corrected chi connectivity index (χ4v) is 2.25. The molecular weight excluding hydrogens is 417 g/mol. The third-order valence-electron chi connectivity index (χ3n) is 3.55. The van der Waals surface area contributed by atoms with Crippen LogP contribution in [0.25, 0.3) is 0 Å². The molecule has 1 N–H and O–H groups in total. The van der Waals surface area contributed by atoms with Crippen molar-refractivity contribution < 1.29 is 9.15 Å². The summed E-state index contributed by atoms with van der Waals surface area (Å²) in [4.78, 5) is 6.50. The van der Waals surface area contributed by atoms with Gasteiger partial charge in [-0.3, -0.25) is 4.99 Å². The van der Waals surface area contributed by atoms with Crippen LogP contribution in [-0.4, -0.2) is 44.7 Å². The smallest absolute Gasteiger partial charge is 0.193 e. The van der Waals surface area contributed by atoms with Crippen molar-refractivity contribution in [1.29, 1.82) is 0 Å². The van der Waals surface area contributed by atoms with E-state index in [9.17, 15) is 0 Å². The Morgan fingerprint density at radius 1 is 1.38 bits per heavy atom. The van der Waals surface area contributed by atoms with Gasteiger partial charge in [0, 0.05) is 33.8 Å². The fraction of sp³-hybridized carbons (Fsp3) is 0.611. The Morgan fingerprint density at radius 2 is 2.21 bits per heavy atom. The molecule has 24 heavy (non-hydrogen) atoms. The second kappa shape index (κ2) is 15.5. The molecule has 0 aliphatic carbocycles. The number of aliphatic imine (C=N–C) groups is 1.